The van der Waals surface area contributed by atoms with Crippen LogP contribution in [0.5, 0.6) is 11.5 Å². The number of methoxy groups -OCH3 is 2. The van der Waals surface area contributed by atoms with Gasteiger partial charge in [0.15, 0.2) is 11.5 Å². The summed E-state index contributed by atoms with van der Waals surface area (Å²) in [6, 6.07) is 5.94. The number of ether oxygens (including phenoxy) is 3. The lowest BCUT2D eigenvalue weighted by atomic mass is 9.99. The van der Waals surface area contributed by atoms with E-state index in [1.165, 1.54) is 0 Å². The van der Waals surface area contributed by atoms with Gasteiger partial charge in [0.2, 0.25) is 0 Å². The molecule has 4 nitrogen and oxygen atoms in total. The Hall–Kier alpha value is -1.26. The minimum Gasteiger partial charge on any atom is -0.493 e. The van der Waals surface area contributed by atoms with Crippen LogP contribution in [0.4, 0.5) is 0 Å². The van der Waals surface area contributed by atoms with Gasteiger partial charge in [-0.2, -0.15) is 0 Å². The summed E-state index contributed by atoms with van der Waals surface area (Å²) in [5.41, 5.74) is 1.15. The molecule has 0 aromatic heterocycles. The van der Waals surface area contributed by atoms with Crippen LogP contribution >= 0.6 is 0 Å². The third-order valence-electron chi connectivity index (χ3n) is 3.48. The number of aryl methyl sites for hydroxylation is 1. The molecule has 0 saturated heterocycles. The highest BCUT2D eigenvalue weighted by molar-refractivity contribution is 5.43. The number of aliphatic hydroxyl groups excluding tert-OH is 1. The van der Waals surface area contributed by atoms with Gasteiger partial charge in [0.05, 0.1) is 19.8 Å². The predicted octanol–water partition coefficient (Wildman–Crippen LogP) is 3.06. The summed E-state index contributed by atoms with van der Waals surface area (Å²) in [5.74, 6) is 1.78. The van der Waals surface area contributed by atoms with Crippen molar-refractivity contribution in [2.45, 2.75) is 39.2 Å². The van der Waals surface area contributed by atoms with E-state index in [0.717, 1.165) is 36.3 Å². The molecule has 0 fully saturated rings. The van der Waals surface area contributed by atoms with Crippen molar-refractivity contribution < 1.29 is 19.3 Å². The Morgan fingerprint density at radius 2 is 1.86 bits per heavy atom. The molecule has 4 heteroatoms. The van der Waals surface area contributed by atoms with Crippen molar-refractivity contribution in [1.82, 2.24) is 0 Å². The smallest absolute Gasteiger partial charge is 0.161 e. The molecule has 21 heavy (non-hydrogen) atoms. The van der Waals surface area contributed by atoms with Crippen LogP contribution in [0.15, 0.2) is 18.2 Å². The molecule has 0 amide bonds. The second kappa shape index (κ2) is 9.64. The molecule has 0 spiro atoms. The van der Waals surface area contributed by atoms with Crippen molar-refractivity contribution in [3.8, 4) is 11.5 Å². The molecule has 0 aliphatic carbocycles. The molecule has 0 bridgehead atoms. The third kappa shape index (κ3) is 6.36. The Morgan fingerprint density at radius 3 is 2.48 bits per heavy atom. The summed E-state index contributed by atoms with van der Waals surface area (Å²) < 4.78 is 16.1. The Labute approximate surface area is 128 Å². The highest BCUT2D eigenvalue weighted by Gasteiger charge is 2.11. The third-order valence-corrected chi connectivity index (χ3v) is 3.48. The summed E-state index contributed by atoms with van der Waals surface area (Å²) in [5, 5.41) is 9.89. The van der Waals surface area contributed by atoms with E-state index in [4.69, 9.17) is 14.2 Å². The second-order valence-electron chi connectivity index (χ2n) is 5.53. The van der Waals surface area contributed by atoms with Crippen molar-refractivity contribution in [3.05, 3.63) is 23.8 Å². The fourth-order valence-electron chi connectivity index (χ4n) is 2.02. The average Bonchev–Trinajstić information content (AvgIpc) is 2.49. The van der Waals surface area contributed by atoms with E-state index in [2.05, 4.69) is 0 Å². The maximum atomic E-state index is 9.89. The molecular formula is C17H28O4. The average molecular weight is 296 g/mol. The van der Waals surface area contributed by atoms with Crippen LogP contribution in [-0.4, -0.2) is 38.6 Å². The number of benzene rings is 1. The van der Waals surface area contributed by atoms with Crippen LogP contribution in [-0.2, 0) is 11.2 Å². The van der Waals surface area contributed by atoms with Crippen LogP contribution in [0, 0.1) is 5.92 Å². The molecule has 1 rings (SSSR count). The molecule has 1 aromatic carbocycles. The molecule has 1 aromatic rings. The van der Waals surface area contributed by atoms with Crippen molar-refractivity contribution >= 4 is 0 Å². The Balaban J connectivity index is 2.61. The van der Waals surface area contributed by atoms with E-state index in [1.54, 1.807) is 14.2 Å². The van der Waals surface area contributed by atoms with Crippen molar-refractivity contribution in [2.24, 2.45) is 5.92 Å². The standard InChI is InChI=1S/C17H28O4/c1-13(2)15(18)8-6-14-7-9-16(20-4)17(12-14)21-11-5-10-19-3/h7,9,12-13,15,18H,5-6,8,10-11H2,1-4H3/t15-/m1/s1. The molecule has 1 atom stereocenters. The molecule has 0 aliphatic rings. The zero-order valence-corrected chi connectivity index (χ0v) is 13.6. The molecule has 0 unspecified atom stereocenters. The van der Waals surface area contributed by atoms with Gasteiger partial charge in [-0.3, -0.25) is 0 Å². The van der Waals surface area contributed by atoms with Gasteiger partial charge >= 0.3 is 0 Å². The quantitative estimate of drug-likeness (QED) is 0.674. The van der Waals surface area contributed by atoms with Gasteiger partial charge in [-0.1, -0.05) is 19.9 Å². The fourth-order valence-corrected chi connectivity index (χ4v) is 2.02. The lowest BCUT2D eigenvalue weighted by Crippen LogP contribution is -2.15. The van der Waals surface area contributed by atoms with E-state index in [0.29, 0.717) is 13.2 Å². The first-order chi connectivity index (χ1) is 10.1. The van der Waals surface area contributed by atoms with Crippen LogP contribution in [0.2, 0.25) is 0 Å². The van der Waals surface area contributed by atoms with Crippen LogP contribution < -0.4 is 9.47 Å². The molecule has 0 saturated carbocycles. The van der Waals surface area contributed by atoms with Crippen molar-refractivity contribution in [1.29, 1.82) is 0 Å². The van der Waals surface area contributed by atoms with Gasteiger partial charge in [0, 0.05) is 20.1 Å². The van der Waals surface area contributed by atoms with Gasteiger partial charge in [0.25, 0.3) is 0 Å². The second-order valence-corrected chi connectivity index (χ2v) is 5.53. The maximum Gasteiger partial charge on any atom is 0.161 e. The maximum absolute atomic E-state index is 9.89. The first-order valence-electron chi connectivity index (χ1n) is 7.55. The molecule has 0 heterocycles. The van der Waals surface area contributed by atoms with Gasteiger partial charge in [-0.05, 0) is 36.5 Å². The zero-order chi connectivity index (χ0) is 15.7. The van der Waals surface area contributed by atoms with Crippen molar-refractivity contribution in [2.75, 3.05) is 27.4 Å². The number of rotatable bonds is 10. The van der Waals surface area contributed by atoms with Crippen LogP contribution in [0.3, 0.4) is 0 Å². The Bertz CT molecular complexity index is 404. The van der Waals surface area contributed by atoms with Crippen LogP contribution in [0.25, 0.3) is 0 Å². The predicted molar refractivity (Wildman–Crippen MR) is 84.1 cm³/mol. The molecule has 0 aliphatic heterocycles. The van der Waals surface area contributed by atoms with E-state index < -0.39 is 0 Å². The van der Waals surface area contributed by atoms with E-state index in [1.807, 2.05) is 32.0 Å². The summed E-state index contributed by atoms with van der Waals surface area (Å²) in [7, 11) is 3.32. The van der Waals surface area contributed by atoms with Gasteiger partial charge in [0.1, 0.15) is 0 Å². The monoisotopic (exact) mass is 296 g/mol. The number of hydrogen-bond acceptors (Lipinski definition) is 4. The first-order valence-corrected chi connectivity index (χ1v) is 7.55. The van der Waals surface area contributed by atoms with E-state index >= 15 is 0 Å². The molecule has 0 radical (unpaired) electrons. The normalized spacial score (nSPS) is 12.5. The summed E-state index contributed by atoms with van der Waals surface area (Å²) in [6.07, 6.45) is 2.17. The number of aliphatic hydroxyl groups is 1. The van der Waals surface area contributed by atoms with Gasteiger partial charge < -0.3 is 19.3 Å². The Kier molecular flexibility index (Phi) is 8.16. The Morgan fingerprint density at radius 1 is 1.10 bits per heavy atom. The summed E-state index contributed by atoms with van der Waals surface area (Å²) in [6.45, 7) is 5.34. The summed E-state index contributed by atoms with van der Waals surface area (Å²) >= 11 is 0. The first kappa shape index (κ1) is 17.8. The van der Waals surface area contributed by atoms with Crippen LogP contribution in [0.1, 0.15) is 32.3 Å². The highest BCUT2D eigenvalue weighted by atomic mass is 16.5. The minimum absolute atomic E-state index is 0.266. The largest absolute Gasteiger partial charge is 0.493 e. The number of hydrogen-bond donors (Lipinski definition) is 1. The zero-order valence-electron chi connectivity index (χ0n) is 13.6. The van der Waals surface area contributed by atoms with Gasteiger partial charge in [-0.25, -0.2) is 0 Å². The molecular weight excluding hydrogens is 268 g/mol. The van der Waals surface area contributed by atoms with Crippen molar-refractivity contribution in [3.63, 3.8) is 0 Å². The lowest BCUT2D eigenvalue weighted by molar-refractivity contribution is 0.116. The fraction of sp³-hybridized carbons (Fsp3) is 0.647. The minimum atomic E-state index is -0.266. The lowest BCUT2D eigenvalue weighted by Gasteiger charge is -2.15. The van der Waals surface area contributed by atoms with E-state index in [-0.39, 0.29) is 12.0 Å². The van der Waals surface area contributed by atoms with E-state index in [9.17, 15) is 5.11 Å². The molecule has 120 valence electrons. The summed E-state index contributed by atoms with van der Waals surface area (Å²) in [4.78, 5) is 0. The van der Waals surface area contributed by atoms with Gasteiger partial charge in [-0.15, -0.1) is 0 Å². The SMILES string of the molecule is COCCCOc1cc(CC[C@@H](O)C(C)C)ccc1OC. The topological polar surface area (TPSA) is 47.9 Å². The highest BCUT2D eigenvalue weighted by Crippen LogP contribution is 2.29. The molecule has 1 N–H and O–H groups in total.